The molecular weight excluding hydrogens is 270 g/mol. The van der Waals surface area contributed by atoms with Crippen molar-refractivity contribution < 1.29 is 9.66 Å². The second-order valence-electron chi connectivity index (χ2n) is 5.39. The molecule has 1 N–H and O–H groups in total. The van der Waals surface area contributed by atoms with Crippen LogP contribution in [0.5, 0.6) is 5.75 Å². The summed E-state index contributed by atoms with van der Waals surface area (Å²) in [7, 11) is 0. The highest BCUT2D eigenvalue weighted by atomic mass is 16.6. The van der Waals surface area contributed by atoms with Crippen LogP contribution in [0.3, 0.4) is 0 Å². The highest BCUT2D eigenvalue weighted by molar-refractivity contribution is 5.87. The van der Waals surface area contributed by atoms with Gasteiger partial charge in [0.1, 0.15) is 5.75 Å². The zero-order chi connectivity index (χ0) is 14.8. The second kappa shape index (κ2) is 5.65. The Morgan fingerprint density at radius 3 is 3.05 bits per heavy atom. The lowest BCUT2D eigenvalue weighted by molar-refractivity contribution is -0.384. The van der Waals surface area contributed by atoms with Crippen LogP contribution in [0, 0.1) is 23.0 Å². The first-order valence-corrected chi connectivity index (χ1v) is 7.03. The van der Waals surface area contributed by atoms with E-state index in [0.717, 1.165) is 30.7 Å². The van der Waals surface area contributed by atoms with Crippen molar-refractivity contribution in [1.29, 1.82) is 0 Å². The van der Waals surface area contributed by atoms with E-state index in [-0.39, 0.29) is 5.69 Å². The molecule has 1 aromatic heterocycles. The molecule has 0 amide bonds. The van der Waals surface area contributed by atoms with E-state index in [0.29, 0.717) is 23.7 Å². The third kappa shape index (κ3) is 2.95. The first-order valence-electron chi connectivity index (χ1n) is 7.03. The number of benzene rings is 1. The van der Waals surface area contributed by atoms with Gasteiger partial charge in [0.25, 0.3) is 5.69 Å². The standard InChI is InChI=1S/C15H17N3O3/c1-10-6-15(21-9-11-4-5-16-8-11)13-7-12(18(19)20)2-3-14(13)17-10/h2-3,6-7,11,16H,4-5,8-9H2,1H3. The molecule has 1 atom stereocenters. The van der Waals surface area contributed by atoms with Crippen LogP contribution in [0.1, 0.15) is 12.1 Å². The second-order valence-corrected chi connectivity index (χ2v) is 5.39. The molecule has 6 nitrogen and oxygen atoms in total. The van der Waals surface area contributed by atoms with E-state index in [1.165, 1.54) is 12.1 Å². The minimum Gasteiger partial charge on any atom is -0.492 e. The molecule has 1 aromatic carbocycles. The molecule has 0 saturated carbocycles. The summed E-state index contributed by atoms with van der Waals surface area (Å²) < 4.78 is 5.92. The van der Waals surface area contributed by atoms with Crippen molar-refractivity contribution in [3.05, 3.63) is 40.1 Å². The molecule has 1 aliphatic rings. The van der Waals surface area contributed by atoms with Gasteiger partial charge in [-0.25, -0.2) is 0 Å². The van der Waals surface area contributed by atoms with Gasteiger partial charge < -0.3 is 10.1 Å². The molecule has 2 aromatic rings. The number of rotatable bonds is 4. The summed E-state index contributed by atoms with van der Waals surface area (Å²) in [6, 6.07) is 6.52. The minimum atomic E-state index is -0.399. The maximum Gasteiger partial charge on any atom is 0.270 e. The van der Waals surface area contributed by atoms with Gasteiger partial charge in [0.05, 0.1) is 17.0 Å². The fourth-order valence-corrected chi connectivity index (χ4v) is 2.61. The molecule has 1 fully saturated rings. The van der Waals surface area contributed by atoms with Gasteiger partial charge in [-0.2, -0.15) is 0 Å². The molecule has 6 heteroatoms. The number of nitro groups is 1. The van der Waals surface area contributed by atoms with Crippen LogP contribution in [0.15, 0.2) is 24.3 Å². The van der Waals surface area contributed by atoms with Crippen LogP contribution in [-0.2, 0) is 0 Å². The molecule has 21 heavy (non-hydrogen) atoms. The summed E-state index contributed by atoms with van der Waals surface area (Å²) in [6.45, 7) is 4.50. The summed E-state index contributed by atoms with van der Waals surface area (Å²) in [5.41, 5.74) is 1.62. The SMILES string of the molecule is Cc1cc(OCC2CCNC2)c2cc([N+](=O)[O-])ccc2n1. The molecule has 1 unspecified atom stereocenters. The lowest BCUT2D eigenvalue weighted by Crippen LogP contribution is -2.15. The van der Waals surface area contributed by atoms with E-state index in [9.17, 15) is 10.1 Å². The average Bonchev–Trinajstić information content (AvgIpc) is 2.97. The van der Waals surface area contributed by atoms with Crippen molar-refractivity contribution in [2.45, 2.75) is 13.3 Å². The van der Waals surface area contributed by atoms with E-state index < -0.39 is 4.92 Å². The largest absolute Gasteiger partial charge is 0.492 e. The van der Waals surface area contributed by atoms with E-state index >= 15 is 0 Å². The number of nitrogens with zero attached hydrogens (tertiary/aromatic N) is 2. The van der Waals surface area contributed by atoms with Gasteiger partial charge in [0, 0.05) is 41.7 Å². The van der Waals surface area contributed by atoms with Gasteiger partial charge in [0.2, 0.25) is 0 Å². The number of ether oxygens (including phenoxy) is 1. The van der Waals surface area contributed by atoms with Gasteiger partial charge >= 0.3 is 0 Å². The van der Waals surface area contributed by atoms with E-state index in [2.05, 4.69) is 10.3 Å². The van der Waals surface area contributed by atoms with Crippen LogP contribution in [-0.4, -0.2) is 29.6 Å². The highest BCUT2D eigenvalue weighted by Crippen LogP contribution is 2.29. The van der Waals surface area contributed by atoms with Gasteiger partial charge in [-0.3, -0.25) is 15.1 Å². The van der Waals surface area contributed by atoms with Crippen molar-refractivity contribution in [1.82, 2.24) is 10.3 Å². The van der Waals surface area contributed by atoms with Gasteiger partial charge in [0.15, 0.2) is 0 Å². The zero-order valence-corrected chi connectivity index (χ0v) is 11.8. The van der Waals surface area contributed by atoms with Crippen molar-refractivity contribution >= 4 is 16.6 Å². The summed E-state index contributed by atoms with van der Waals surface area (Å²) in [6.07, 6.45) is 1.10. The fraction of sp³-hybridized carbons (Fsp3) is 0.400. The number of hydrogen-bond acceptors (Lipinski definition) is 5. The Kier molecular flexibility index (Phi) is 3.70. The Hall–Kier alpha value is -2.21. The highest BCUT2D eigenvalue weighted by Gasteiger charge is 2.17. The van der Waals surface area contributed by atoms with Crippen LogP contribution in [0.25, 0.3) is 10.9 Å². The molecule has 1 saturated heterocycles. The smallest absolute Gasteiger partial charge is 0.270 e. The first kappa shape index (κ1) is 13.8. The topological polar surface area (TPSA) is 77.3 Å². The summed E-state index contributed by atoms with van der Waals surface area (Å²) >= 11 is 0. The number of hydrogen-bond donors (Lipinski definition) is 1. The zero-order valence-electron chi connectivity index (χ0n) is 11.8. The molecular formula is C15H17N3O3. The first-order chi connectivity index (χ1) is 10.1. The van der Waals surface area contributed by atoms with Gasteiger partial charge in [-0.1, -0.05) is 0 Å². The number of nitrogens with one attached hydrogen (secondary N) is 1. The Morgan fingerprint density at radius 1 is 1.48 bits per heavy atom. The Bertz CT molecular complexity index is 681. The quantitative estimate of drug-likeness (QED) is 0.690. The summed E-state index contributed by atoms with van der Waals surface area (Å²) in [5, 5.41) is 14.9. The monoisotopic (exact) mass is 287 g/mol. The third-order valence-corrected chi connectivity index (χ3v) is 3.73. The predicted octanol–water partition coefficient (Wildman–Crippen LogP) is 2.44. The van der Waals surface area contributed by atoms with E-state index in [4.69, 9.17) is 4.74 Å². The van der Waals surface area contributed by atoms with E-state index in [1.54, 1.807) is 6.07 Å². The molecule has 0 bridgehead atoms. The number of pyridine rings is 1. The number of fused-ring (bicyclic) bond motifs is 1. The Morgan fingerprint density at radius 2 is 2.33 bits per heavy atom. The number of nitro benzene ring substituents is 1. The fourth-order valence-electron chi connectivity index (χ4n) is 2.61. The summed E-state index contributed by atoms with van der Waals surface area (Å²) in [5.74, 6) is 1.17. The van der Waals surface area contributed by atoms with Crippen molar-refractivity contribution in [2.24, 2.45) is 5.92 Å². The molecule has 110 valence electrons. The molecule has 0 spiro atoms. The number of aromatic nitrogens is 1. The molecule has 1 aliphatic heterocycles. The lowest BCUT2D eigenvalue weighted by Gasteiger charge is -2.13. The maximum absolute atomic E-state index is 10.9. The third-order valence-electron chi connectivity index (χ3n) is 3.73. The molecule has 2 heterocycles. The normalized spacial score (nSPS) is 18.0. The van der Waals surface area contributed by atoms with Crippen molar-refractivity contribution in [3.8, 4) is 5.75 Å². The van der Waals surface area contributed by atoms with Crippen LogP contribution in [0.4, 0.5) is 5.69 Å². The molecule has 0 aliphatic carbocycles. The molecule has 0 radical (unpaired) electrons. The number of aryl methyl sites for hydroxylation is 1. The van der Waals surface area contributed by atoms with Crippen molar-refractivity contribution in [3.63, 3.8) is 0 Å². The van der Waals surface area contributed by atoms with Gasteiger partial charge in [-0.15, -0.1) is 0 Å². The Balaban J connectivity index is 1.94. The van der Waals surface area contributed by atoms with E-state index in [1.807, 2.05) is 13.0 Å². The Labute approximate surface area is 122 Å². The number of non-ortho nitro benzene ring substituents is 1. The summed E-state index contributed by atoms with van der Waals surface area (Å²) in [4.78, 5) is 14.9. The minimum absolute atomic E-state index is 0.0561. The van der Waals surface area contributed by atoms with Gasteiger partial charge in [-0.05, 0) is 26.0 Å². The predicted molar refractivity (Wildman–Crippen MR) is 79.6 cm³/mol. The van der Waals surface area contributed by atoms with Crippen molar-refractivity contribution in [2.75, 3.05) is 19.7 Å². The van der Waals surface area contributed by atoms with Crippen LogP contribution in [0.2, 0.25) is 0 Å². The van der Waals surface area contributed by atoms with Crippen LogP contribution < -0.4 is 10.1 Å². The van der Waals surface area contributed by atoms with Crippen LogP contribution >= 0.6 is 0 Å². The average molecular weight is 287 g/mol. The lowest BCUT2D eigenvalue weighted by atomic mass is 10.1. The maximum atomic E-state index is 10.9. The molecule has 3 rings (SSSR count).